The van der Waals surface area contributed by atoms with Crippen molar-refractivity contribution in [1.82, 2.24) is 15.0 Å². The first-order valence-corrected chi connectivity index (χ1v) is 10.3. The fourth-order valence-corrected chi connectivity index (χ4v) is 4.09. The van der Waals surface area contributed by atoms with Gasteiger partial charge < -0.3 is 9.64 Å². The molecule has 4 heterocycles. The Morgan fingerprint density at radius 1 is 1.10 bits per heavy atom. The maximum absolute atomic E-state index is 12.1. The van der Waals surface area contributed by atoms with E-state index in [0.29, 0.717) is 19.0 Å². The standard InChI is InChI=1S/C23H23N5O2/c1-2-17-14-21(26-22(25-17)19-7-3-4-10-24-19)27-11-9-18-16(15-27)6-5-8-20(18)28-12-13-30-23(28)29/h3-8,10,14H,2,9,11-13,15H2,1H3. The first-order chi connectivity index (χ1) is 14.7. The second kappa shape index (κ2) is 7.74. The predicted octanol–water partition coefficient (Wildman–Crippen LogP) is 3.62. The van der Waals surface area contributed by atoms with E-state index in [9.17, 15) is 4.79 Å². The van der Waals surface area contributed by atoms with E-state index in [1.54, 1.807) is 11.1 Å². The highest BCUT2D eigenvalue weighted by Crippen LogP contribution is 2.32. The minimum Gasteiger partial charge on any atom is -0.447 e. The maximum atomic E-state index is 12.1. The number of carbonyl (C=O) groups is 1. The lowest BCUT2D eigenvalue weighted by molar-refractivity contribution is 0.181. The van der Waals surface area contributed by atoms with Gasteiger partial charge >= 0.3 is 6.09 Å². The molecular weight excluding hydrogens is 378 g/mol. The number of benzene rings is 1. The SMILES string of the molecule is CCc1cc(N2CCc3c(cccc3N3CCOC3=O)C2)nc(-c2ccccn2)n1. The van der Waals surface area contributed by atoms with E-state index < -0.39 is 0 Å². The summed E-state index contributed by atoms with van der Waals surface area (Å²) < 4.78 is 5.14. The number of aromatic nitrogens is 3. The highest BCUT2D eigenvalue weighted by molar-refractivity contribution is 5.90. The Balaban J connectivity index is 1.47. The van der Waals surface area contributed by atoms with E-state index in [4.69, 9.17) is 9.72 Å². The molecule has 152 valence electrons. The van der Waals surface area contributed by atoms with Crippen LogP contribution < -0.4 is 9.80 Å². The molecule has 30 heavy (non-hydrogen) atoms. The van der Waals surface area contributed by atoms with Gasteiger partial charge in [-0.15, -0.1) is 0 Å². The molecule has 0 N–H and O–H groups in total. The Morgan fingerprint density at radius 3 is 2.80 bits per heavy atom. The number of aryl methyl sites for hydroxylation is 1. The second-order valence-corrected chi connectivity index (χ2v) is 7.46. The Hall–Kier alpha value is -3.48. The van der Waals surface area contributed by atoms with E-state index >= 15 is 0 Å². The van der Waals surface area contributed by atoms with Gasteiger partial charge in [-0.3, -0.25) is 9.88 Å². The van der Waals surface area contributed by atoms with Gasteiger partial charge in [0.05, 0.1) is 12.2 Å². The molecule has 0 aliphatic carbocycles. The van der Waals surface area contributed by atoms with Gasteiger partial charge in [0.25, 0.3) is 0 Å². The third kappa shape index (κ3) is 3.36. The van der Waals surface area contributed by atoms with Crippen molar-refractivity contribution in [2.24, 2.45) is 0 Å². The summed E-state index contributed by atoms with van der Waals surface area (Å²) in [6.07, 6.45) is 3.19. The molecule has 1 amide bonds. The number of fused-ring (bicyclic) bond motifs is 1. The minimum absolute atomic E-state index is 0.255. The molecule has 0 spiro atoms. The van der Waals surface area contributed by atoms with Crippen LogP contribution in [0, 0.1) is 0 Å². The lowest BCUT2D eigenvalue weighted by Crippen LogP contribution is -2.33. The number of rotatable bonds is 4. The molecule has 7 heteroatoms. The van der Waals surface area contributed by atoms with Crippen molar-refractivity contribution in [2.45, 2.75) is 26.3 Å². The number of ether oxygens (including phenoxy) is 1. The molecule has 1 fully saturated rings. The van der Waals surface area contributed by atoms with Crippen LogP contribution in [-0.2, 0) is 24.1 Å². The van der Waals surface area contributed by atoms with Gasteiger partial charge in [-0.25, -0.2) is 14.8 Å². The molecule has 2 aromatic heterocycles. The molecule has 0 radical (unpaired) electrons. The van der Waals surface area contributed by atoms with Gasteiger partial charge in [0.1, 0.15) is 18.1 Å². The third-order valence-corrected chi connectivity index (χ3v) is 5.64. The highest BCUT2D eigenvalue weighted by Gasteiger charge is 2.29. The average Bonchev–Trinajstić information content (AvgIpc) is 3.24. The van der Waals surface area contributed by atoms with Crippen LogP contribution >= 0.6 is 0 Å². The van der Waals surface area contributed by atoms with Crippen LogP contribution in [0.3, 0.4) is 0 Å². The Kier molecular flexibility index (Phi) is 4.78. The van der Waals surface area contributed by atoms with Crippen molar-refractivity contribution in [2.75, 3.05) is 29.5 Å². The van der Waals surface area contributed by atoms with E-state index in [1.807, 2.05) is 30.3 Å². The molecule has 2 aliphatic rings. The van der Waals surface area contributed by atoms with Gasteiger partial charge in [0, 0.05) is 31.0 Å². The summed E-state index contributed by atoms with van der Waals surface area (Å²) in [6, 6.07) is 14.0. The molecule has 2 aliphatic heterocycles. The minimum atomic E-state index is -0.255. The van der Waals surface area contributed by atoms with Crippen molar-refractivity contribution in [3.05, 3.63) is 65.5 Å². The maximum Gasteiger partial charge on any atom is 0.414 e. The number of anilines is 2. The summed E-state index contributed by atoms with van der Waals surface area (Å²) in [5.74, 6) is 1.57. The van der Waals surface area contributed by atoms with Crippen molar-refractivity contribution in [1.29, 1.82) is 0 Å². The number of cyclic esters (lactones) is 1. The third-order valence-electron chi connectivity index (χ3n) is 5.64. The van der Waals surface area contributed by atoms with Gasteiger partial charge in [-0.05, 0) is 42.2 Å². The zero-order valence-corrected chi connectivity index (χ0v) is 16.9. The van der Waals surface area contributed by atoms with E-state index in [2.05, 4.69) is 33.9 Å². The largest absolute Gasteiger partial charge is 0.447 e. The summed E-state index contributed by atoms with van der Waals surface area (Å²) in [4.78, 5) is 30.0. The van der Waals surface area contributed by atoms with Crippen LogP contribution in [0.25, 0.3) is 11.5 Å². The fourth-order valence-electron chi connectivity index (χ4n) is 4.09. The molecule has 7 nitrogen and oxygen atoms in total. The molecule has 0 saturated carbocycles. The average molecular weight is 401 g/mol. The van der Waals surface area contributed by atoms with Crippen LogP contribution in [0.5, 0.6) is 0 Å². The number of pyridine rings is 1. The van der Waals surface area contributed by atoms with Crippen LogP contribution in [0.15, 0.2) is 48.7 Å². The van der Waals surface area contributed by atoms with Crippen LogP contribution in [0.4, 0.5) is 16.3 Å². The lowest BCUT2D eigenvalue weighted by atomic mass is 9.97. The Labute approximate surface area is 175 Å². The summed E-state index contributed by atoms with van der Waals surface area (Å²) >= 11 is 0. The quantitative estimate of drug-likeness (QED) is 0.665. The fraction of sp³-hybridized carbons (Fsp3) is 0.304. The van der Waals surface area contributed by atoms with E-state index in [-0.39, 0.29) is 6.09 Å². The topological polar surface area (TPSA) is 71.5 Å². The summed E-state index contributed by atoms with van der Waals surface area (Å²) in [7, 11) is 0. The summed E-state index contributed by atoms with van der Waals surface area (Å²) in [5, 5.41) is 0. The zero-order chi connectivity index (χ0) is 20.5. The smallest absolute Gasteiger partial charge is 0.414 e. The van der Waals surface area contributed by atoms with Gasteiger partial charge in [0.2, 0.25) is 0 Å². The molecule has 1 saturated heterocycles. The number of amides is 1. The molecule has 1 aromatic carbocycles. The number of hydrogen-bond acceptors (Lipinski definition) is 6. The molecule has 3 aromatic rings. The van der Waals surface area contributed by atoms with E-state index in [0.717, 1.165) is 48.8 Å². The van der Waals surface area contributed by atoms with Crippen LogP contribution in [0.1, 0.15) is 23.7 Å². The summed E-state index contributed by atoms with van der Waals surface area (Å²) in [5.41, 5.74) is 5.19. The zero-order valence-electron chi connectivity index (χ0n) is 16.9. The van der Waals surface area contributed by atoms with Gasteiger partial charge in [-0.2, -0.15) is 0 Å². The predicted molar refractivity (Wildman–Crippen MR) is 115 cm³/mol. The first kappa shape index (κ1) is 18.5. The van der Waals surface area contributed by atoms with Crippen molar-refractivity contribution in [3.8, 4) is 11.5 Å². The van der Waals surface area contributed by atoms with Crippen LogP contribution in [-0.4, -0.2) is 40.7 Å². The van der Waals surface area contributed by atoms with E-state index in [1.165, 1.54) is 11.1 Å². The number of nitrogens with zero attached hydrogens (tertiary/aromatic N) is 5. The first-order valence-electron chi connectivity index (χ1n) is 10.3. The van der Waals surface area contributed by atoms with Crippen molar-refractivity contribution < 1.29 is 9.53 Å². The number of hydrogen-bond donors (Lipinski definition) is 0. The molecule has 0 atom stereocenters. The Bertz CT molecular complexity index is 1090. The molecular formula is C23H23N5O2. The second-order valence-electron chi connectivity index (χ2n) is 7.46. The van der Waals surface area contributed by atoms with Crippen LogP contribution in [0.2, 0.25) is 0 Å². The molecule has 5 rings (SSSR count). The normalized spacial score (nSPS) is 15.8. The van der Waals surface area contributed by atoms with Gasteiger partial charge in [-0.1, -0.05) is 25.1 Å². The number of carbonyl (C=O) groups excluding carboxylic acids is 1. The summed E-state index contributed by atoms with van der Waals surface area (Å²) in [6.45, 7) is 4.73. The molecule has 0 unspecified atom stereocenters. The van der Waals surface area contributed by atoms with Crippen molar-refractivity contribution in [3.63, 3.8) is 0 Å². The monoisotopic (exact) mass is 401 g/mol. The van der Waals surface area contributed by atoms with Gasteiger partial charge in [0.15, 0.2) is 5.82 Å². The highest BCUT2D eigenvalue weighted by atomic mass is 16.6. The molecule has 0 bridgehead atoms. The lowest BCUT2D eigenvalue weighted by Gasteiger charge is -2.32. The Morgan fingerprint density at radius 2 is 2.03 bits per heavy atom. The van der Waals surface area contributed by atoms with Crippen molar-refractivity contribution >= 4 is 17.6 Å².